The van der Waals surface area contributed by atoms with Crippen molar-refractivity contribution >= 4 is 11.9 Å². The van der Waals surface area contributed by atoms with E-state index in [0.29, 0.717) is 5.06 Å². The van der Waals surface area contributed by atoms with Gasteiger partial charge in [-0.25, -0.2) is 4.79 Å². The molecule has 0 heterocycles. The summed E-state index contributed by atoms with van der Waals surface area (Å²) >= 11 is 0. The van der Waals surface area contributed by atoms with Gasteiger partial charge < -0.3 is 25.4 Å². The zero-order chi connectivity index (χ0) is 15.1. The summed E-state index contributed by atoms with van der Waals surface area (Å²) in [5.74, 6) is -4.01. The first-order valence-electron chi connectivity index (χ1n) is 4.17. The molecule has 0 fully saturated rings. The Morgan fingerprint density at radius 2 is 1.39 bits per heavy atom. The fraction of sp³-hybridized carbons (Fsp3) is 0.500. The maximum Gasteiger partial charge on any atom is 0.351 e. The van der Waals surface area contributed by atoms with Crippen LogP contribution >= 0.6 is 0 Å². The Bertz CT molecular complexity index is 288. The molecule has 18 heavy (non-hydrogen) atoms. The molecule has 0 atom stereocenters. The lowest BCUT2D eigenvalue weighted by molar-refractivity contribution is -0.303. The van der Waals surface area contributed by atoms with Crippen LogP contribution in [0.1, 0.15) is 0 Å². The lowest BCUT2D eigenvalue weighted by Crippen LogP contribution is -2.30. The molecule has 0 rings (SSSR count). The summed E-state index contributed by atoms with van der Waals surface area (Å²) in [7, 11) is 3.11. The number of hydrogen-bond acceptors (Lipinski definition) is 9. The molecular formula is C8H13N4O6-. The van der Waals surface area contributed by atoms with Crippen molar-refractivity contribution in [2.75, 3.05) is 27.2 Å². The van der Waals surface area contributed by atoms with Gasteiger partial charge >= 0.3 is 5.97 Å². The smallest absolute Gasteiger partial charge is 0.351 e. The van der Waals surface area contributed by atoms with Crippen molar-refractivity contribution in [2.45, 2.75) is 0 Å². The molecule has 0 unspecified atom stereocenters. The van der Waals surface area contributed by atoms with Crippen LogP contribution < -0.4 is 5.11 Å². The van der Waals surface area contributed by atoms with Crippen molar-refractivity contribution in [1.29, 1.82) is 10.5 Å². The lowest BCUT2D eigenvalue weighted by atomic mass is 10.6. The van der Waals surface area contributed by atoms with Gasteiger partial charge in [-0.2, -0.15) is 20.7 Å². The van der Waals surface area contributed by atoms with Crippen LogP contribution in [0.4, 0.5) is 0 Å². The van der Waals surface area contributed by atoms with E-state index in [2.05, 4.69) is 0 Å². The summed E-state index contributed by atoms with van der Waals surface area (Å²) in [6.07, 6.45) is 0. The van der Waals surface area contributed by atoms with Gasteiger partial charge in [-0.05, 0) is 0 Å². The fourth-order valence-corrected chi connectivity index (χ4v) is 0.219. The summed E-state index contributed by atoms with van der Waals surface area (Å²) in [4.78, 5) is 18.0. The average molecular weight is 261 g/mol. The van der Waals surface area contributed by atoms with E-state index in [-0.39, 0.29) is 13.1 Å². The highest BCUT2D eigenvalue weighted by Crippen LogP contribution is 1.74. The van der Waals surface area contributed by atoms with E-state index in [0.717, 1.165) is 5.06 Å². The molecule has 0 aromatic heterocycles. The summed E-state index contributed by atoms with van der Waals surface area (Å²) < 4.78 is 0. The van der Waals surface area contributed by atoms with E-state index in [1.807, 2.05) is 0 Å². The normalized spacial score (nSPS) is 8.00. The van der Waals surface area contributed by atoms with Crippen LogP contribution in [-0.4, -0.2) is 64.8 Å². The number of nitrogens with zero attached hydrogens (tertiary/aromatic N) is 4. The first-order valence-corrected chi connectivity index (χ1v) is 4.17. The minimum absolute atomic E-state index is 0.117. The average Bonchev–Trinajstić information content (AvgIpc) is 2.18. The third-order valence-electron chi connectivity index (χ3n) is 0.681. The van der Waals surface area contributed by atoms with Crippen LogP contribution in [0.3, 0.4) is 0 Å². The zero-order valence-electron chi connectivity index (χ0n) is 9.77. The van der Waals surface area contributed by atoms with Crippen LogP contribution in [0.15, 0.2) is 0 Å². The second kappa shape index (κ2) is 14.8. The maximum atomic E-state index is 9.04. The van der Waals surface area contributed by atoms with Crippen molar-refractivity contribution < 1.29 is 30.2 Å². The van der Waals surface area contributed by atoms with Crippen molar-refractivity contribution in [1.82, 2.24) is 10.1 Å². The van der Waals surface area contributed by atoms with Gasteiger partial charge in [0.05, 0.1) is 12.1 Å². The van der Waals surface area contributed by atoms with E-state index in [9.17, 15) is 0 Å². The molecular weight excluding hydrogens is 248 g/mol. The van der Waals surface area contributed by atoms with E-state index in [4.69, 9.17) is 40.7 Å². The van der Waals surface area contributed by atoms with E-state index in [1.54, 1.807) is 26.2 Å². The quantitative estimate of drug-likeness (QED) is 0.273. The maximum absolute atomic E-state index is 9.04. The highest BCUT2D eigenvalue weighted by molar-refractivity contribution is 6.26. The van der Waals surface area contributed by atoms with Gasteiger partial charge in [0.15, 0.2) is 5.97 Å². The standard InChI is InChI=1S/C4H5N3O.C2H7NO.C2H2O4/c5-1-3-7(8)4-2-6;1-3(2)4;3-1(4)2(5)6/h8H,3-4H2;4H,1-2H3;(H,3,4)(H,5,6)/p-1. The largest absolute Gasteiger partial charge is 0.539 e. The number of carbonyl (C=O) groups is 2. The number of hydroxylamine groups is 4. The minimum atomic E-state index is -2.07. The Labute approximate surface area is 103 Å². The molecule has 10 nitrogen and oxygen atoms in total. The van der Waals surface area contributed by atoms with E-state index >= 15 is 0 Å². The molecule has 10 heteroatoms. The van der Waals surface area contributed by atoms with Gasteiger partial charge in [-0.15, -0.1) is 0 Å². The Morgan fingerprint density at radius 1 is 1.17 bits per heavy atom. The Kier molecular flexibility index (Phi) is 17.3. The number of carbonyl (C=O) groups excluding carboxylic acids is 1. The van der Waals surface area contributed by atoms with Gasteiger partial charge in [0.1, 0.15) is 13.1 Å². The molecule has 0 saturated carbocycles. The van der Waals surface area contributed by atoms with Crippen molar-refractivity contribution in [3.63, 3.8) is 0 Å². The fourth-order valence-electron chi connectivity index (χ4n) is 0.219. The van der Waals surface area contributed by atoms with E-state index in [1.165, 1.54) is 0 Å². The van der Waals surface area contributed by atoms with Gasteiger partial charge in [0.25, 0.3) is 0 Å². The predicted molar refractivity (Wildman–Crippen MR) is 52.7 cm³/mol. The number of nitriles is 2. The molecule has 0 aliphatic heterocycles. The number of carboxylic acids is 2. The summed E-state index contributed by atoms with van der Waals surface area (Å²) in [6, 6.07) is 3.35. The van der Waals surface area contributed by atoms with Crippen LogP contribution in [-0.2, 0) is 9.59 Å². The Morgan fingerprint density at radius 3 is 1.50 bits per heavy atom. The molecule has 0 aliphatic rings. The lowest BCUT2D eigenvalue weighted by Gasteiger charge is -2.01. The summed E-state index contributed by atoms with van der Waals surface area (Å²) in [6.45, 7) is -0.235. The minimum Gasteiger partial charge on any atom is -0.539 e. The summed E-state index contributed by atoms with van der Waals surface area (Å²) in [5, 5.41) is 50.1. The van der Waals surface area contributed by atoms with Crippen LogP contribution in [0.5, 0.6) is 0 Å². The molecule has 102 valence electrons. The van der Waals surface area contributed by atoms with Crippen molar-refractivity contribution in [3.8, 4) is 12.1 Å². The SMILES string of the molecule is CN(C)O.N#CCN(O)CC#N.O=C([O-])C(=O)O. The van der Waals surface area contributed by atoms with Crippen LogP contribution in [0.2, 0.25) is 0 Å². The zero-order valence-corrected chi connectivity index (χ0v) is 9.77. The van der Waals surface area contributed by atoms with Gasteiger partial charge in [0, 0.05) is 14.1 Å². The molecule has 0 aromatic rings. The first-order chi connectivity index (χ1) is 8.18. The van der Waals surface area contributed by atoms with Gasteiger partial charge in [0.2, 0.25) is 0 Å². The first kappa shape index (κ1) is 21.1. The predicted octanol–water partition coefficient (Wildman–Crippen LogP) is -2.52. The van der Waals surface area contributed by atoms with Crippen molar-refractivity contribution in [2.24, 2.45) is 0 Å². The molecule has 0 aromatic carbocycles. The summed E-state index contributed by atoms with van der Waals surface area (Å²) in [5.41, 5.74) is 0. The molecule has 0 aliphatic carbocycles. The van der Waals surface area contributed by atoms with Gasteiger partial charge in [-0.1, -0.05) is 0 Å². The highest BCUT2D eigenvalue weighted by Gasteiger charge is 1.93. The van der Waals surface area contributed by atoms with Crippen LogP contribution in [0.25, 0.3) is 0 Å². The Hall–Kier alpha value is -2.24. The Balaban J connectivity index is -0.000000200. The molecule has 0 saturated heterocycles. The second-order valence-corrected chi connectivity index (χ2v) is 2.58. The monoisotopic (exact) mass is 261 g/mol. The van der Waals surface area contributed by atoms with E-state index < -0.39 is 11.9 Å². The van der Waals surface area contributed by atoms with Crippen LogP contribution in [0, 0.1) is 22.7 Å². The molecule has 0 spiro atoms. The second-order valence-electron chi connectivity index (χ2n) is 2.58. The third-order valence-corrected chi connectivity index (χ3v) is 0.681. The molecule has 3 N–H and O–H groups in total. The highest BCUT2D eigenvalue weighted by atomic mass is 16.5. The van der Waals surface area contributed by atoms with Crippen molar-refractivity contribution in [3.05, 3.63) is 0 Å². The number of rotatable bonds is 2. The number of carboxylic acid groups (broad SMARTS) is 2. The third kappa shape index (κ3) is 37.2. The number of aliphatic carboxylic acids is 2. The molecule has 0 bridgehead atoms. The molecule has 0 amide bonds. The number of hydrogen-bond donors (Lipinski definition) is 3. The van der Waals surface area contributed by atoms with Gasteiger partial charge in [-0.3, -0.25) is 0 Å². The topological polar surface area (TPSA) is 172 Å². The molecule has 0 radical (unpaired) electrons.